The van der Waals surface area contributed by atoms with Crippen LogP contribution in [0.3, 0.4) is 0 Å². The van der Waals surface area contributed by atoms with Gasteiger partial charge in [-0.15, -0.1) is 0 Å². The van der Waals surface area contributed by atoms with Crippen LogP contribution in [0.1, 0.15) is 36.5 Å². The molecule has 0 unspecified atom stereocenters. The van der Waals surface area contributed by atoms with Gasteiger partial charge in [0.05, 0.1) is 13.2 Å². The van der Waals surface area contributed by atoms with E-state index in [1.165, 1.54) is 6.42 Å². The van der Waals surface area contributed by atoms with Crippen molar-refractivity contribution in [1.29, 1.82) is 0 Å². The average Bonchev–Trinajstić information content (AvgIpc) is 2.73. The van der Waals surface area contributed by atoms with Crippen molar-refractivity contribution in [3.8, 4) is 5.75 Å². The quantitative estimate of drug-likeness (QED) is 0.766. The summed E-state index contributed by atoms with van der Waals surface area (Å²) in [6.07, 6.45) is 3.33. The average molecular weight is 381 g/mol. The molecule has 0 aliphatic carbocycles. The van der Waals surface area contributed by atoms with Gasteiger partial charge in [-0.05, 0) is 62.6 Å². The van der Waals surface area contributed by atoms with Crippen molar-refractivity contribution in [3.63, 3.8) is 0 Å². The van der Waals surface area contributed by atoms with Crippen LogP contribution in [0.2, 0.25) is 0 Å². The van der Waals surface area contributed by atoms with E-state index in [-0.39, 0.29) is 18.4 Å². The number of hydrogen-bond acceptors (Lipinski definition) is 4. The second kappa shape index (κ2) is 9.78. The second-order valence-electron chi connectivity index (χ2n) is 6.79. The molecule has 2 amide bonds. The number of amides is 2. The van der Waals surface area contributed by atoms with E-state index in [1.54, 1.807) is 24.3 Å². The summed E-state index contributed by atoms with van der Waals surface area (Å²) < 4.78 is 5.45. The summed E-state index contributed by atoms with van der Waals surface area (Å²) in [6.45, 7) is 4.32. The van der Waals surface area contributed by atoms with Crippen LogP contribution < -0.4 is 15.4 Å². The lowest BCUT2D eigenvalue weighted by Gasteiger charge is -2.26. The number of nitrogens with one attached hydrogen (secondary N) is 2. The van der Waals surface area contributed by atoms with E-state index in [4.69, 9.17) is 4.74 Å². The van der Waals surface area contributed by atoms with E-state index in [1.807, 2.05) is 36.1 Å². The van der Waals surface area contributed by atoms with Crippen molar-refractivity contribution in [2.45, 2.75) is 26.2 Å². The molecule has 0 aromatic heterocycles. The van der Waals surface area contributed by atoms with Gasteiger partial charge < -0.3 is 20.3 Å². The number of anilines is 2. The minimum atomic E-state index is -0.156. The zero-order valence-corrected chi connectivity index (χ0v) is 16.2. The highest BCUT2D eigenvalue weighted by atomic mass is 16.5. The fourth-order valence-corrected chi connectivity index (χ4v) is 3.23. The van der Waals surface area contributed by atoms with Gasteiger partial charge in [-0.3, -0.25) is 9.59 Å². The Morgan fingerprint density at radius 1 is 1.00 bits per heavy atom. The lowest BCUT2D eigenvalue weighted by molar-refractivity contribution is -0.114. The normalized spacial score (nSPS) is 13.7. The van der Waals surface area contributed by atoms with E-state index < -0.39 is 0 Å². The number of piperidine rings is 1. The number of rotatable bonds is 7. The van der Waals surface area contributed by atoms with Gasteiger partial charge in [0, 0.05) is 36.1 Å². The van der Waals surface area contributed by atoms with Crippen LogP contribution >= 0.6 is 0 Å². The molecule has 1 aliphatic heterocycles. The molecule has 1 heterocycles. The molecule has 1 aliphatic rings. The fourth-order valence-electron chi connectivity index (χ4n) is 3.23. The molecule has 2 N–H and O–H groups in total. The van der Waals surface area contributed by atoms with E-state index in [2.05, 4.69) is 10.6 Å². The summed E-state index contributed by atoms with van der Waals surface area (Å²) in [5.41, 5.74) is 2.15. The predicted octanol–water partition coefficient (Wildman–Crippen LogP) is 3.76. The third kappa shape index (κ3) is 5.49. The van der Waals surface area contributed by atoms with Gasteiger partial charge >= 0.3 is 0 Å². The number of carbonyl (C=O) groups is 2. The van der Waals surface area contributed by atoms with Gasteiger partial charge in [0.25, 0.3) is 5.91 Å². The van der Waals surface area contributed by atoms with Crippen LogP contribution in [0.25, 0.3) is 0 Å². The first kappa shape index (κ1) is 19.7. The molecular formula is C22H27N3O3. The topological polar surface area (TPSA) is 70.7 Å². The van der Waals surface area contributed by atoms with Gasteiger partial charge in [-0.1, -0.05) is 6.07 Å². The second-order valence-corrected chi connectivity index (χ2v) is 6.79. The lowest BCUT2D eigenvalue weighted by atomic mass is 10.1. The van der Waals surface area contributed by atoms with Gasteiger partial charge in [-0.25, -0.2) is 0 Å². The van der Waals surface area contributed by atoms with Crippen molar-refractivity contribution in [1.82, 2.24) is 4.90 Å². The highest BCUT2D eigenvalue weighted by Crippen LogP contribution is 2.18. The zero-order chi connectivity index (χ0) is 19.8. The van der Waals surface area contributed by atoms with Gasteiger partial charge in [0.2, 0.25) is 5.91 Å². The molecule has 1 saturated heterocycles. The van der Waals surface area contributed by atoms with Crippen LogP contribution in [-0.4, -0.2) is 43.0 Å². The zero-order valence-electron chi connectivity index (χ0n) is 16.2. The van der Waals surface area contributed by atoms with Crippen molar-refractivity contribution in [2.75, 3.05) is 36.9 Å². The van der Waals surface area contributed by atoms with Crippen LogP contribution in [0.15, 0.2) is 48.5 Å². The number of ether oxygens (including phenoxy) is 1. The van der Waals surface area contributed by atoms with Crippen molar-refractivity contribution >= 4 is 23.2 Å². The summed E-state index contributed by atoms with van der Waals surface area (Å²) >= 11 is 0. The first-order valence-corrected chi connectivity index (χ1v) is 9.81. The molecule has 2 aromatic rings. The molecule has 0 atom stereocenters. The molecule has 0 spiro atoms. The number of benzene rings is 2. The highest BCUT2D eigenvalue weighted by Gasteiger charge is 2.17. The molecule has 148 valence electrons. The van der Waals surface area contributed by atoms with Gasteiger partial charge in [-0.2, -0.15) is 0 Å². The fraction of sp³-hybridized carbons (Fsp3) is 0.364. The Bertz CT molecular complexity index is 799. The Morgan fingerprint density at radius 2 is 1.75 bits per heavy atom. The third-order valence-corrected chi connectivity index (χ3v) is 4.66. The summed E-state index contributed by atoms with van der Waals surface area (Å²) in [5, 5.41) is 5.92. The Morgan fingerprint density at radius 3 is 2.46 bits per heavy atom. The number of carbonyl (C=O) groups excluding carboxylic acids is 2. The molecule has 28 heavy (non-hydrogen) atoms. The smallest absolute Gasteiger partial charge is 0.253 e. The van der Waals surface area contributed by atoms with Gasteiger partial charge in [0.15, 0.2) is 0 Å². The molecule has 2 aromatic carbocycles. The molecule has 0 saturated carbocycles. The molecular weight excluding hydrogens is 354 g/mol. The lowest BCUT2D eigenvalue weighted by Crippen LogP contribution is -2.35. The van der Waals surface area contributed by atoms with Crippen LogP contribution in [0, 0.1) is 0 Å². The number of hydrogen-bond donors (Lipinski definition) is 2. The molecule has 3 rings (SSSR count). The van der Waals surface area contributed by atoms with Crippen molar-refractivity contribution in [2.24, 2.45) is 0 Å². The Balaban J connectivity index is 1.50. The maximum absolute atomic E-state index is 12.5. The minimum Gasteiger partial charge on any atom is -0.494 e. The van der Waals surface area contributed by atoms with E-state index in [9.17, 15) is 9.59 Å². The summed E-state index contributed by atoms with van der Waals surface area (Å²) in [7, 11) is 0. The SMILES string of the molecule is CCOc1cccc(NCC(=O)Nc2ccc(C(=O)N3CCCCC3)cc2)c1. The molecule has 6 nitrogen and oxygen atoms in total. The maximum Gasteiger partial charge on any atom is 0.253 e. The van der Waals surface area contributed by atoms with Gasteiger partial charge in [0.1, 0.15) is 5.75 Å². The van der Waals surface area contributed by atoms with E-state index >= 15 is 0 Å². The predicted molar refractivity (Wildman–Crippen MR) is 111 cm³/mol. The largest absolute Gasteiger partial charge is 0.494 e. The van der Waals surface area contributed by atoms with E-state index in [0.29, 0.717) is 17.9 Å². The standard InChI is InChI=1S/C22H27N3O3/c1-2-28-20-8-6-7-19(15-20)23-16-21(26)24-18-11-9-17(10-12-18)22(27)25-13-4-3-5-14-25/h6-12,15,23H,2-5,13-14,16H2,1H3,(H,24,26). The van der Waals surface area contributed by atoms with Crippen LogP contribution in [0.5, 0.6) is 5.75 Å². The van der Waals surface area contributed by atoms with Crippen LogP contribution in [-0.2, 0) is 4.79 Å². The Hall–Kier alpha value is -3.02. The Kier molecular flexibility index (Phi) is 6.89. The Labute approximate surface area is 165 Å². The minimum absolute atomic E-state index is 0.0634. The number of likely N-dealkylation sites (tertiary alicyclic amines) is 1. The van der Waals surface area contributed by atoms with Crippen molar-refractivity contribution < 1.29 is 14.3 Å². The first-order valence-electron chi connectivity index (χ1n) is 9.81. The van der Waals surface area contributed by atoms with Crippen molar-refractivity contribution in [3.05, 3.63) is 54.1 Å². The summed E-state index contributed by atoms with van der Waals surface area (Å²) in [4.78, 5) is 26.6. The molecule has 0 bridgehead atoms. The van der Waals surface area contributed by atoms with Crippen LogP contribution in [0.4, 0.5) is 11.4 Å². The molecule has 0 radical (unpaired) electrons. The first-order chi connectivity index (χ1) is 13.7. The highest BCUT2D eigenvalue weighted by molar-refractivity contribution is 5.96. The van der Waals surface area contributed by atoms with E-state index in [0.717, 1.165) is 37.4 Å². The summed E-state index contributed by atoms with van der Waals surface area (Å²) in [5.74, 6) is 0.673. The monoisotopic (exact) mass is 381 g/mol. The molecule has 1 fully saturated rings. The summed E-state index contributed by atoms with van der Waals surface area (Å²) in [6, 6.07) is 14.6. The molecule has 6 heteroatoms. The number of nitrogens with zero attached hydrogens (tertiary/aromatic N) is 1. The third-order valence-electron chi connectivity index (χ3n) is 4.66. The maximum atomic E-state index is 12.5.